The van der Waals surface area contributed by atoms with Crippen LogP contribution in [-0.2, 0) is 12.3 Å². The summed E-state index contributed by atoms with van der Waals surface area (Å²) in [6, 6.07) is 3.91. The van der Waals surface area contributed by atoms with Gasteiger partial charge < -0.3 is 4.52 Å². The second kappa shape index (κ2) is 6.98. The molecule has 0 aromatic carbocycles. The number of hydrogen-bond donors (Lipinski definition) is 0. The summed E-state index contributed by atoms with van der Waals surface area (Å²) in [6.45, 7) is 6.53. The second-order valence-electron chi connectivity index (χ2n) is 5.68. The molecule has 0 atom stereocenters. The van der Waals surface area contributed by atoms with Gasteiger partial charge in [0.1, 0.15) is 4.83 Å². The maximum atomic E-state index is 12.9. The average molecular weight is 405 g/mol. The Morgan fingerprint density at radius 3 is 2.88 bits per heavy atom. The summed E-state index contributed by atoms with van der Waals surface area (Å²) < 4.78 is 7.05. The predicted molar refractivity (Wildman–Crippen MR) is 106 cm³/mol. The SMILES string of the molecule is CCn1c(SCc2nc(-c3cccs3)no2)nc2sc(C)c(C)c2c1=O. The van der Waals surface area contributed by atoms with Crippen molar-refractivity contribution in [3.63, 3.8) is 0 Å². The van der Waals surface area contributed by atoms with Crippen molar-refractivity contribution in [1.29, 1.82) is 0 Å². The first-order valence-electron chi connectivity index (χ1n) is 8.08. The van der Waals surface area contributed by atoms with Gasteiger partial charge in [0.25, 0.3) is 5.56 Å². The van der Waals surface area contributed by atoms with E-state index >= 15 is 0 Å². The lowest BCUT2D eigenvalue weighted by Crippen LogP contribution is -2.22. The van der Waals surface area contributed by atoms with Crippen LogP contribution in [-0.4, -0.2) is 19.7 Å². The summed E-state index contributed by atoms with van der Waals surface area (Å²) in [5.41, 5.74) is 1.05. The van der Waals surface area contributed by atoms with Gasteiger partial charge in [-0.15, -0.1) is 22.7 Å². The van der Waals surface area contributed by atoms with Crippen molar-refractivity contribution >= 4 is 44.7 Å². The molecule has 0 fully saturated rings. The van der Waals surface area contributed by atoms with E-state index in [1.54, 1.807) is 27.2 Å². The second-order valence-corrected chi connectivity index (χ2v) is 8.78. The molecule has 6 nitrogen and oxygen atoms in total. The molecule has 0 unspecified atom stereocenters. The molecule has 0 spiro atoms. The summed E-state index contributed by atoms with van der Waals surface area (Å²) in [5, 5.41) is 7.41. The third-order valence-corrected chi connectivity index (χ3v) is 7.03. The highest BCUT2D eigenvalue weighted by atomic mass is 32.2. The molecule has 0 aliphatic heterocycles. The minimum absolute atomic E-state index is 0.0200. The third-order valence-electron chi connectivity index (χ3n) is 4.10. The quantitative estimate of drug-likeness (QED) is 0.360. The first-order chi connectivity index (χ1) is 12.6. The van der Waals surface area contributed by atoms with E-state index < -0.39 is 0 Å². The summed E-state index contributed by atoms with van der Waals surface area (Å²) in [5.74, 6) is 1.59. The molecule has 26 heavy (non-hydrogen) atoms. The zero-order valence-corrected chi connectivity index (χ0v) is 16.9. The molecule has 0 saturated carbocycles. The van der Waals surface area contributed by atoms with Crippen LogP contribution in [0.3, 0.4) is 0 Å². The van der Waals surface area contributed by atoms with E-state index in [4.69, 9.17) is 9.51 Å². The summed E-state index contributed by atoms with van der Waals surface area (Å²) in [4.78, 5) is 24.9. The molecule has 0 amide bonds. The van der Waals surface area contributed by atoms with Crippen molar-refractivity contribution in [3.05, 3.63) is 44.2 Å². The fourth-order valence-electron chi connectivity index (χ4n) is 2.64. The summed E-state index contributed by atoms with van der Waals surface area (Å²) in [7, 11) is 0. The number of rotatable bonds is 5. The molecule has 0 N–H and O–H groups in total. The van der Waals surface area contributed by atoms with E-state index in [2.05, 4.69) is 10.1 Å². The Morgan fingerprint density at radius 2 is 2.15 bits per heavy atom. The van der Waals surface area contributed by atoms with Crippen molar-refractivity contribution in [2.75, 3.05) is 0 Å². The Hall–Kier alpha value is -1.97. The first kappa shape index (κ1) is 17.4. The number of aromatic nitrogens is 4. The minimum atomic E-state index is 0.0200. The van der Waals surface area contributed by atoms with Gasteiger partial charge in [-0.1, -0.05) is 23.0 Å². The Morgan fingerprint density at radius 1 is 1.31 bits per heavy atom. The number of fused-ring (bicyclic) bond motifs is 1. The van der Waals surface area contributed by atoms with Crippen molar-refractivity contribution in [3.8, 4) is 10.7 Å². The largest absolute Gasteiger partial charge is 0.338 e. The summed E-state index contributed by atoms with van der Waals surface area (Å²) in [6.07, 6.45) is 0. The monoisotopic (exact) mass is 404 g/mol. The topological polar surface area (TPSA) is 73.8 Å². The van der Waals surface area contributed by atoms with E-state index in [0.717, 1.165) is 25.5 Å². The Balaban J connectivity index is 1.64. The highest BCUT2D eigenvalue weighted by Gasteiger charge is 2.17. The standard InChI is InChI=1S/C17H16N4O2S3/c1-4-21-16(22)13-9(2)10(3)26-15(13)19-17(21)25-8-12-18-14(20-23-12)11-6-5-7-24-11/h5-7H,4,8H2,1-3H3. The van der Waals surface area contributed by atoms with Crippen LogP contribution >= 0.6 is 34.4 Å². The Kier molecular flexibility index (Phi) is 4.68. The van der Waals surface area contributed by atoms with Crippen LogP contribution in [0.1, 0.15) is 23.3 Å². The van der Waals surface area contributed by atoms with Crippen molar-refractivity contribution in [2.45, 2.75) is 38.2 Å². The zero-order chi connectivity index (χ0) is 18.3. The maximum absolute atomic E-state index is 12.9. The molecule has 4 heterocycles. The molecule has 4 aromatic rings. The third kappa shape index (κ3) is 3.00. The predicted octanol–water partition coefficient (Wildman–Crippen LogP) is 4.50. The van der Waals surface area contributed by atoms with Crippen LogP contribution < -0.4 is 5.56 Å². The Labute approximate surface area is 161 Å². The van der Waals surface area contributed by atoms with E-state index in [0.29, 0.717) is 29.2 Å². The van der Waals surface area contributed by atoms with E-state index in [1.165, 1.54) is 11.8 Å². The first-order valence-corrected chi connectivity index (χ1v) is 10.8. The highest BCUT2D eigenvalue weighted by molar-refractivity contribution is 7.98. The van der Waals surface area contributed by atoms with Gasteiger partial charge >= 0.3 is 0 Å². The van der Waals surface area contributed by atoms with Gasteiger partial charge in [0.2, 0.25) is 11.7 Å². The van der Waals surface area contributed by atoms with Crippen molar-refractivity contribution in [2.24, 2.45) is 0 Å². The maximum Gasteiger partial charge on any atom is 0.263 e. The number of thiophene rings is 2. The number of hydrogen-bond acceptors (Lipinski definition) is 8. The van der Waals surface area contributed by atoms with E-state index in [-0.39, 0.29) is 5.56 Å². The number of thioether (sulfide) groups is 1. The molecule has 4 aromatic heterocycles. The minimum Gasteiger partial charge on any atom is -0.338 e. The van der Waals surface area contributed by atoms with Crippen LogP contribution in [0.15, 0.2) is 32.0 Å². The molecule has 0 saturated heterocycles. The van der Waals surface area contributed by atoms with Crippen LogP contribution in [0.4, 0.5) is 0 Å². The van der Waals surface area contributed by atoms with Crippen molar-refractivity contribution in [1.82, 2.24) is 19.7 Å². The van der Waals surface area contributed by atoms with Gasteiger partial charge in [0, 0.05) is 11.4 Å². The molecule has 4 rings (SSSR count). The fraction of sp³-hybridized carbons (Fsp3) is 0.294. The highest BCUT2D eigenvalue weighted by Crippen LogP contribution is 2.29. The van der Waals surface area contributed by atoms with Gasteiger partial charge in [-0.2, -0.15) is 4.98 Å². The summed E-state index contributed by atoms with van der Waals surface area (Å²) >= 11 is 4.58. The molecule has 134 valence electrons. The van der Waals surface area contributed by atoms with Gasteiger partial charge in [0.05, 0.1) is 16.0 Å². The number of aryl methyl sites for hydroxylation is 2. The zero-order valence-electron chi connectivity index (χ0n) is 14.5. The van der Waals surface area contributed by atoms with Crippen LogP contribution in [0.25, 0.3) is 20.9 Å². The van der Waals surface area contributed by atoms with Crippen LogP contribution in [0.2, 0.25) is 0 Å². The lowest BCUT2D eigenvalue weighted by atomic mass is 10.2. The molecule has 0 aliphatic rings. The van der Waals surface area contributed by atoms with Crippen LogP contribution in [0.5, 0.6) is 0 Å². The molecular formula is C17H16N4O2S3. The molecule has 0 radical (unpaired) electrons. The molecule has 0 bridgehead atoms. The van der Waals surface area contributed by atoms with Gasteiger partial charge in [-0.05, 0) is 37.8 Å². The smallest absolute Gasteiger partial charge is 0.263 e. The lowest BCUT2D eigenvalue weighted by molar-refractivity contribution is 0.391. The molecule has 9 heteroatoms. The van der Waals surface area contributed by atoms with Gasteiger partial charge in [-0.3, -0.25) is 9.36 Å². The van der Waals surface area contributed by atoms with Gasteiger partial charge in [-0.25, -0.2) is 4.98 Å². The Bertz CT molecular complexity index is 1130. The van der Waals surface area contributed by atoms with E-state index in [1.807, 2.05) is 38.3 Å². The van der Waals surface area contributed by atoms with E-state index in [9.17, 15) is 4.79 Å². The van der Waals surface area contributed by atoms with Gasteiger partial charge in [0.15, 0.2) is 5.16 Å². The normalized spacial score (nSPS) is 11.5. The lowest BCUT2D eigenvalue weighted by Gasteiger charge is -2.08. The fourth-order valence-corrected chi connectivity index (χ4v) is 5.26. The van der Waals surface area contributed by atoms with Crippen molar-refractivity contribution < 1.29 is 4.52 Å². The average Bonchev–Trinajstić information content (AvgIpc) is 3.34. The number of nitrogens with zero attached hydrogens (tertiary/aromatic N) is 4. The molecule has 0 aliphatic carbocycles. The molecular weight excluding hydrogens is 388 g/mol. The van der Waals surface area contributed by atoms with Crippen LogP contribution in [0, 0.1) is 13.8 Å².